The lowest BCUT2D eigenvalue weighted by Crippen LogP contribution is -2.34. The Hall–Kier alpha value is -3.19. The van der Waals surface area contributed by atoms with Crippen molar-refractivity contribution in [1.29, 1.82) is 0 Å². The van der Waals surface area contributed by atoms with Gasteiger partial charge in [0.1, 0.15) is 5.82 Å². The van der Waals surface area contributed by atoms with E-state index in [2.05, 4.69) is 28.1 Å². The Labute approximate surface area is 196 Å². The number of piperidine rings is 1. The van der Waals surface area contributed by atoms with Gasteiger partial charge in [0.05, 0.1) is 19.4 Å². The average molecular weight is 448 g/mol. The number of likely N-dealkylation sites (tertiary alicyclic amines) is 1. The molecule has 2 aromatic heterocycles. The van der Waals surface area contributed by atoms with Gasteiger partial charge < -0.3 is 14.4 Å². The number of anilines is 1. The second kappa shape index (κ2) is 10.6. The highest BCUT2D eigenvalue weighted by atomic mass is 16.5. The highest BCUT2D eigenvalue weighted by Gasteiger charge is 2.24. The number of rotatable bonds is 8. The summed E-state index contributed by atoms with van der Waals surface area (Å²) in [5.74, 6) is 3.60. The van der Waals surface area contributed by atoms with Crippen LogP contribution in [0.15, 0.2) is 48.8 Å². The molecule has 0 unspecified atom stereocenters. The molecule has 0 radical (unpaired) electrons. The fourth-order valence-corrected chi connectivity index (χ4v) is 4.30. The molecule has 0 aliphatic carbocycles. The minimum absolute atomic E-state index is 0.362. The molecule has 1 atom stereocenters. The molecule has 0 N–H and O–H groups in total. The zero-order valence-corrected chi connectivity index (χ0v) is 20.0. The quantitative estimate of drug-likeness (QED) is 0.507. The number of benzene rings is 1. The van der Waals surface area contributed by atoms with Gasteiger partial charge in [-0.1, -0.05) is 6.07 Å². The number of hydrogen-bond acceptors (Lipinski definition) is 7. The molecule has 7 heteroatoms. The van der Waals surface area contributed by atoms with Crippen molar-refractivity contribution in [1.82, 2.24) is 19.9 Å². The van der Waals surface area contributed by atoms with Gasteiger partial charge in [-0.05, 0) is 56.1 Å². The van der Waals surface area contributed by atoms with Crippen molar-refractivity contribution in [2.75, 3.05) is 45.8 Å². The van der Waals surface area contributed by atoms with Crippen molar-refractivity contribution in [3.05, 3.63) is 60.0 Å². The van der Waals surface area contributed by atoms with Crippen LogP contribution in [0.2, 0.25) is 0 Å². The Morgan fingerprint density at radius 2 is 2.00 bits per heavy atom. The lowest BCUT2D eigenvalue weighted by Gasteiger charge is -2.33. The normalized spacial score (nSPS) is 16.4. The molecule has 3 aromatic rings. The Morgan fingerprint density at radius 1 is 1.12 bits per heavy atom. The van der Waals surface area contributed by atoms with Crippen molar-refractivity contribution in [2.24, 2.45) is 0 Å². The lowest BCUT2D eigenvalue weighted by atomic mass is 9.94. The van der Waals surface area contributed by atoms with E-state index in [1.54, 1.807) is 13.3 Å². The molecular formula is C26H33N5O2. The molecule has 0 bridgehead atoms. The van der Waals surface area contributed by atoms with Crippen molar-refractivity contribution in [3.63, 3.8) is 0 Å². The fraction of sp³-hybridized carbons (Fsp3) is 0.423. The van der Waals surface area contributed by atoms with E-state index >= 15 is 0 Å². The smallest absolute Gasteiger partial charge is 0.163 e. The van der Waals surface area contributed by atoms with Gasteiger partial charge in [0.25, 0.3) is 0 Å². The van der Waals surface area contributed by atoms with Crippen LogP contribution in [0.4, 0.5) is 5.82 Å². The Morgan fingerprint density at radius 3 is 2.73 bits per heavy atom. The van der Waals surface area contributed by atoms with Crippen LogP contribution < -0.4 is 14.4 Å². The summed E-state index contributed by atoms with van der Waals surface area (Å²) < 4.78 is 11.2. The molecule has 1 aliphatic heterocycles. The number of methoxy groups -OCH3 is 1. The lowest BCUT2D eigenvalue weighted by molar-refractivity contribution is 0.198. The van der Waals surface area contributed by atoms with Gasteiger partial charge in [-0.25, -0.2) is 9.97 Å². The molecule has 7 nitrogen and oxygen atoms in total. The minimum atomic E-state index is 0.362. The number of pyridine rings is 1. The van der Waals surface area contributed by atoms with Crippen molar-refractivity contribution >= 4 is 5.82 Å². The third kappa shape index (κ3) is 5.60. The highest BCUT2D eigenvalue weighted by Crippen LogP contribution is 2.32. The molecule has 33 heavy (non-hydrogen) atoms. The topological polar surface area (TPSA) is 63.6 Å². The minimum Gasteiger partial charge on any atom is -0.493 e. The van der Waals surface area contributed by atoms with E-state index in [1.807, 2.05) is 50.3 Å². The second-order valence-electron chi connectivity index (χ2n) is 8.60. The number of nitrogens with zero attached hydrogens (tertiary/aromatic N) is 5. The van der Waals surface area contributed by atoms with Gasteiger partial charge in [0, 0.05) is 57.1 Å². The van der Waals surface area contributed by atoms with Crippen molar-refractivity contribution in [3.8, 4) is 22.9 Å². The van der Waals surface area contributed by atoms with E-state index in [-0.39, 0.29) is 0 Å². The predicted octanol–water partition coefficient (Wildman–Crippen LogP) is 4.39. The summed E-state index contributed by atoms with van der Waals surface area (Å²) in [5, 5.41) is 0. The van der Waals surface area contributed by atoms with E-state index in [0.29, 0.717) is 12.5 Å². The van der Waals surface area contributed by atoms with Gasteiger partial charge in [-0.2, -0.15) is 0 Å². The molecule has 174 valence electrons. The molecule has 0 saturated carbocycles. The van der Waals surface area contributed by atoms with Crippen LogP contribution in [0.3, 0.4) is 0 Å². The zero-order chi connectivity index (χ0) is 23.2. The first-order valence-corrected chi connectivity index (χ1v) is 11.6. The van der Waals surface area contributed by atoms with Crippen LogP contribution >= 0.6 is 0 Å². The highest BCUT2D eigenvalue weighted by molar-refractivity contribution is 5.57. The summed E-state index contributed by atoms with van der Waals surface area (Å²) in [6.45, 7) is 5.52. The molecule has 1 fully saturated rings. The van der Waals surface area contributed by atoms with Gasteiger partial charge >= 0.3 is 0 Å². The SMILES string of the molecule is CCOc1ccc(CN2CCC[C@@H](c3cc(N(C)C)nc(-c4cccnc4)n3)C2)cc1OC. The fourth-order valence-electron chi connectivity index (χ4n) is 4.30. The molecule has 1 aliphatic rings. The third-order valence-corrected chi connectivity index (χ3v) is 5.97. The summed E-state index contributed by atoms with van der Waals surface area (Å²) in [4.78, 5) is 18.5. The maximum absolute atomic E-state index is 5.66. The Bertz CT molecular complexity index is 1060. The monoisotopic (exact) mass is 447 g/mol. The summed E-state index contributed by atoms with van der Waals surface area (Å²) in [5.41, 5.74) is 3.27. The predicted molar refractivity (Wildman–Crippen MR) is 131 cm³/mol. The maximum atomic E-state index is 5.66. The van der Waals surface area contributed by atoms with Gasteiger partial charge in [0.2, 0.25) is 0 Å². The molecule has 0 amide bonds. The van der Waals surface area contributed by atoms with E-state index in [9.17, 15) is 0 Å². The molecule has 1 saturated heterocycles. The largest absolute Gasteiger partial charge is 0.493 e. The Kier molecular flexibility index (Phi) is 7.40. The summed E-state index contributed by atoms with van der Waals surface area (Å²) in [6, 6.07) is 12.3. The Balaban J connectivity index is 1.54. The molecule has 3 heterocycles. The number of ether oxygens (including phenoxy) is 2. The van der Waals surface area contributed by atoms with E-state index in [0.717, 1.165) is 66.9 Å². The van der Waals surface area contributed by atoms with E-state index in [1.165, 1.54) is 5.56 Å². The summed E-state index contributed by atoms with van der Waals surface area (Å²) in [6.07, 6.45) is 5.86. The molecule has 0 spiro atoms. The summed E-state index contributed by atoms with van der Waals surface area (Å²) in [7, 11) is 5.73. The molecule has 1 aromatic carbocycles. The first kappa shape index (κ1) is 23.0. The van der Waals surface area contributed by atoms with Crippen molar-refractivity contribution in [2.45, 2.75) is 32.2 Å². The summed E-state index contributed by atoms with van der Waals surface area (Å²) >= 11 is 0. The third-order valence-electron chi connectivity index (χ3n) is 5.97. The van der Waals surface area contributed by atoms with Crippen LogP contribution in [0, 0.1) is 0 Å². The second-order valence-corrected chi connectivity index (χ2v) is 8.60. The molecule has 4 rings (SSSR count). The van der Waals surface area contributed by atoms with Crippen LogP contribution in [-0.4, -0.2) is 60.8 Å². The first-order valence-electron chi connectivity index (χ1n) is 11.6. The van der Waals surface area contributed by atoms with Crippen LogP contribution in [0.1, 0.15) is 36.9 Å². The first-order chi connectivity index (χ1) is 16.1. The van der Waals surface area contributed by atoms with Gasteiger partial charge in [-0.15, -0.1) is 0 Å². The van der Waals surface area contributed by atoms with Crippen LogP contribution in [-0.2, 0) is 6.54 Å². The average Bonchev–Trinajstić information content (AvgIpc) is 2.85. The molecular weight excluding hydrogens is 414 g/mol. The van der Waals surface area contributed by atoms with E-state index in [4.69, 9.17) is 19.4 Å². The number of hydrogen-bond donors (Lipinski definition) is 0. The van der Waals surface area contributed by atoms with Crippen LogP contribution in [0.5, 0.6) is 11.5 Å². The number of aromatic nitrogens is 3. The van der Waals surface area contributed by atoms with Crippen molar-refractivity contribution < 1.29 is 9.47 Å². The van der Waals surface area contributed by atoms with Gasteiger partial charge in [0.15, 0.2) is 17.3 Å². The zero-order valence-electron chi connectivity index (χ0n) is 20.0. The maximum Gasteiger partial charge on any atom is 0.163 e. The standard InChI is InChI=1S/C26H33N5O2/c1-5-33-23-11-10-19(14-24(23)32-4)17-31-13-7-9-21(18-31)22-15-25(30(2)3)29-26(28-22)20-8-6-12-27-16-20/h6,8,10-12,14-16,21H,5,7,9,13,17-18H2,1-4H3/t21-/m1/s1. The van der Waals surface area contributed by atoms with E-state index < -0.39 is 0 Å². The van der Waals surface area contributed by atoms with Gasteiger partial charge in [-0.3, -0.25) is 9.88 Å². The van der Waals surface area contributed by atoms with Crippen LogP contribution in [0.25, 0.3) is 11.4 Å².